The van der Waals surface area contributed by atoms with E-state index in [1.807, 2.05) is 10.9 Å². The van der Waals surface area contributed by atoms with E-state index in [4.69, 9.17) is 0 Å². The topological polar surface area (TPSA) is 42.7 Å². The predicted molar refractivity (Wildman–Crippen MR) is 72.2 cm³/mol. The van der Waals surface area contributed by atoms with E-state index >= 15 is 0 Å². The summed E-state index contributed by atoms with van der Waals surface area (Å²) in [5.41, 5.74) is 2.65. The number of hydrogen-bond acceptors (Lipinski definition) is 3. The molecule has 0 saturated carbocycles. The summed E-state index contributed by atoms with van der Waals surface area (Å²) in [7, 11) is 0. The Kier molecular flexibility index (Phi) is 4.47. The van der Waals surface area contributed by atoms with Crippen LogP contribution in [0.3, 0.4) is 0 Å². The highest BCUT2D eigenvalue weighted by Crippen LogP contribution is 2.16. The van der Waals surface area contributed by atoms with Gasteiger partial charge in [0.25, 0.3) is 0 Å². The fraction of sp³-hybridized carbons (Fsp3) is 0.429. The first-order chi connectivity index (χ1) is 8.79. The van der Waals surface area contributed by atoms with Gasteiger partial charge < -0.3 is 5.32 Å². The van der Waals surface area contributed by atoms with Crippen LogP contribution in [0.2, 0.25) is 0 Å². The minimum absolute atomic E-state index is 0.411. The zero-order valence-electron chi connectivity index (χ0n) is 11.0. The summed E-state index contributed by atoms with van der Waals surface area (Å²) in [6.07, 6.45) is 4.67. The molecule has 1 atom stereocenters. The van der Waals surface area contributed by atoms with Crippen molar-refractivity contribution in [3.63, 3.8) is 0 Å². The van der Waals surface area contributed by atoms with E-state index in [0.717, 1.165) is 19.5 Å². The summed E-state index contributed by atoms with van der Waals surface area (Å²) in [6, 6.07) is 9.14. The molecule has 0 spiro atoms. The molecule has 0 saturated heterocycles. The maximum Gasteiger partial charge on any atom is 0.0692 e. The lowest BCUT2D eigenvalue weighted by Gasteiger charge is -2.17. The molecule has 0 fully saturated rings. The molecule has 1 heterocycles. The quantitative estimate of drug-likeness (QED) is 0.848. The minimum atomic E-state index is 0.411. The summed E-state index contributed by atoms with van der Waals surface area (Å²) in [5.74, 6) is 0. The first-order valence-corrected chi connectivity index (χ1v) is 6.43. The molecule has 0 aliphatic carbocycles. The van der Waals surface area contributed by atoms with Crippen LogP contribution >= 0.6 is 0 Å². The summed E-state index contributed by atoms with van der Waals surface area (Å²) < 4.78 is 1.84. The molecule has 18 heavy (non-hydrogen) atoms. The first-order valence-electron chi connectivity index (χ1n) is 6.43. The third kappa shape index (κ3) is 3.40. The van der Waals surface area contributed by atoms with Gasteiger partial charge in [-0.05, 0) is 18.9 Å². The summed E-state index contributed by atoms with van der Waals surface area (Å²) >= 11 is 0. The van der Waals surface area contributed by atoms with E-state index in [-0.39, 0.29) is 0 Å². The maximum absolute atomic E-state index is 3.95. The molecular weight excluding hydrogens is 224 g/mol. The molecule has 2 rings (SSSR count). The average Bonchev–Trinajstić information content (AvgIpc) is 2.89. The van der Waals surface area contributed by atoms with Crippen molar-refractivity contribution in [2.75, 3.05) is 6.54 Å². The second-order valence-corrected chi connectivity index (χ2v) is 4.49. The van der Waals surface area contributed by atoms with Gasteiger partial charge in [0.15, 0.2) is 0 Å². The van der Waals surface area contributed by atoms with E-state index in [2.05, 4.69) is 53.7 Å². The fourth-order valence-corrected chi connectivity index (χ4v) is 2.00. The third-order valence-electron chi connectivity index (χ3n) is 3.09. The third-order valence-corrected chi connectivity index (χ3v) is 3.09. The highest BCUT2D eigenvalue weighted by atomic mass is 15.4. The van der Waals surface area contributed by atoms with Crippen LogP contribution in [0.1, 0.15) is 30.5 Å². The van der Waals surface area contributed by atoms with Crippen LogP contribution in [0.25, 0.3) is 0 Å². The largest absolute Gasteiger partial charge is 0.308 e. The highest BCUT2D eigenvalue weighted by Gasteiger charge is 2.07. The van der Waals surface area contributed by atoms with Crippen LogP contribution in [0, 0.1) is 6.92 Å². The molecule has 4 heteroatoms. The van der Waals surface area contributed by atoms with Crippen molar-refractivity contribution in [3.8, 4) is 0 Å². The Balaban J connectivity index is 1.87. The Morgan fingerprint density at radius 1 is 1.28 bits per heavy atom. The van der Waals surface area contributed by atoms with Gasteiger partial charge >= 0.3 is 0 Å². The Morgan fingerprint density at radius 2 is 2.06 bits per heavy atom. The Bertz CT molecular complexity index is 447. The van der Waals surface area contributed by atoms with Crippen LogP contribution in [0.15, 0.2) is 36.7 Å². The van der Waals surface area contributed by atoms with Crippen molar-refractivity contribution in [2.24, 2.45) is 0 Å². The lowest BCUT2D eigenvalue weighted by molar-refractivity contribution is 0.471. The van der Waals surface area contributed by atoms with Gasteiger partial charge in [-0.1, -0.05) is 42.0 Å². The molecule has 96 valence electrons. The number of aryl methyl sites for hydroxylation is 1. The van der Waals surface area contributed by atoms with E-state index < -0.39 is 0 Å². The molecule has 1 unspecified atom stereocenters. The van der Waals surface area contributed by atoms with Crippen molar-refractivity contribution >= 4 is 0 Å². The van der Waals surface area contributed by atoms with Gasteiger partial charge in [0.05, 0.1) is 12.7 Å². The monoisotopic (exact) mass is 244 g/mol. The van der Waals surface area contributed by atoms with E-state index in [9.17, 15) is 0 Å². The number of benzene rings is 1. The van der Waals surface area contributed by atoms with Crippen LogP contribution in [0.4, 0.5) is 0 Å². The Labute approximate surface area is 108 Å². The highest BCUT2D eigenvalue weighted by molar-refractivity contribution is 5.23. The molecule has 2 aromatic rings. The van der Waals surface area contributed by atoms with Gasteiger partial charge in [-0.2, -0.15) is 0 Å². The Morgan fingerprint density at radius 3 is 2.67 bits per heavy atom. The maximum atomic E-state index is 3.95. The van der Waals surface area contributed by atoms with Gasteiger partial charge in [-0.3, -0.25) is 4.68 Å². The standard InChI is InChI=1S/C14H20N4/c1-3-14(13-6-4-12(2)5-7-13)15-8-10-18-11-9-16-17-18/h4-7,9,11,14-15H,3,8,10H2,1-2H3. The van der Waals surface area contributed by atoms with Gasteiger partial charge in [0.2, 0.25) is 0 Å². The van der Waals surface area contributed by atoms with Crippen LogP contribution in [0.5, 0.6) is 0 Å². The number of hydrogen-bond donors (Lipinski definition) is 1. The number of nitrogens with one attached hydrogen (secondary N) is 1. The van der Waals surface area contributed by atoms with Gasteiger partial charge in [0, 0.05) is 18.8 Å². The minimum Gasteiger partial charge on any atom is -0.308 e. The molecule has 0 radical (unpaired) electrons. The number of rotatable bonds is 6. The van der Waals surface area contributed by atoms with E-state index in [0.29, 0.717) is 6.04 Å². The van der Waals surface area contributed by atoms with Gasteiger partial charge in [-0.15, -0.1) is 5.10 Å². The zero-order chi connectivity index (χ0) is 12.8. The SMILES string of the molecule is CCC(NCCn1ccnn1)c1ccc(C)cc1. The van der Waals surface area contributed by atoms with Crippen LogP contribution in [-0.4, -0.2) is 21.5 Å². The van der Waals surface area contributed by atoms with Crippen LogP contribution < -0.4 is 5.32 Å². The van der Waals surface area contributed by atoms with E-state index in [1.165, 1.54) is 11.1 Å². The summed E-state index contributed by atoms with van der Waals surface area (Å²) in [6.45, 7) is 6.06. The molecule has 1 aromatic heterocycles. The molecule has 0 aliphatic rings. The summed E-state index contributed by atoms with van der Waals surface area (Å²) in [4.78, 5) is 0. The average molecular weight is 244 g/mol. The van der Waals surface area contributed by atoms with Crippen molar-refractivity contribution in [1.29, 1.82) is 0 Å². The lowest BCUT2D eigenvalue weighted by Crippen LogP contribution is -2.25. The Hall–Kier alpha value is -1.68. The van der Waals surface area contributed by atoms with Crippen molar-refractivity contribution < 1.29 is 0 Å². The molecule has 1 aromatic carbocycles. The first kappa shape index (κ1) is 12.8. The van der Waals surface area contributed by atoms with Crippen molar-refractivity contribution in [1.82, 2.24) is 20.3 Å². The summed E-state index contributed by atoms with van der Waals surface area (Å²) in [5, 5.41) is 11.3. The second-order valence-electron chi connectivity index (χ2n) is 4.49. The molecule has 0 aliphatic heterocycles. The molecule has 0 amide bonds. The number of aromatic nitrogens is 3. The molecule has 0 bridgehead atoms. The van der Waals surface area contributed by atoms with Crippen molar-refractivity contribution in [2.45, 2.75) is 32.9 Å². The second kappa shape index (κ2) is 6.31. The lowest BCUT2D eigenvalue weighted by atomic mass is 10.0. The smallest absolute Gasteiger partial charge is 0.0692 e. The van der Waals surface area contributed by atoms with Crippen molar-refractivity contribution in [3.05, 3.63) is 47.8 Å². The normalized spacial score (nSPS) is 12.6. The van der Waals surface area contributed by atoms with Gasteiger partial charge in [-0.25, -0.2) is 0 Å². The predicted octanol–water partition coefficient (Wildman–Crippen LogP) is 2.33. The zero-order valence-corrected chi connectivity index (χ0v) is 11.0. The fourth-order valence-electron chi connectivity index (χ4n) is 2.00. The molecular formula is C14H20N4. The van der Waals surface area contributed by atoms with E-state index in [1.54, 1.807) is 6.20 Å². The van der Waals surface area contributed by atoms with Gasteiger partial charge in [0.1, 0.15) is 0 Å². The molecule has 1 N–H and O–H groups in total. The van der Waals surface area contributed by atoms with Crippen LogP contribution in [-0.2, 0) is 6.54 Å². The molecule has 4 nitrogen and oxygen atoms in total. The number of nitrogens with zero attached hydrogens (tertiary/aromatic N) is 3.